The van der Waals surface area contributed by atoms with E-state index in [0.717, 1.165) is 42.5 Å². The van der Waals surface area contributed by atoms with Crippen LogP contribution in [0.3, 0.4) is 0 Å². The Morgan fingerprint density at radius 2 is 1.72 bits per heavy atom. The van der Waals surface area contributed by atoms with E-state index in [1.165, 1.54) is 60.1 Å². The molecule has 1 unspecified atom stereocenters. The molecule has 2 aromatic heterocycles. The lowest BCUT2D eigenvalue weighted by Gasteiger charge is -2.37. The van der Waals surface area contributed by atoms with Crippen LogP contribution < -0.4 is 0 Å². The molecule has 0 N–H and O–H groups in total. The van der Waals surface area contributed by atoms with Gasteiger partial charge in [0.2, 0.25) is 0 Å². The summed E-state index contributed by atoms with van der Waals surface area (Å²) in [5, 5.41) is 0. The average molecular weight is 612 g/mol. The number of sulfonamides is 1. The van der Waals surface area contributed by atoms with Crippen molar-refractivity contribution in [2.75, 3.05) is 33.2 Å². The van der Waals surface area contributed by atoms with E-state index in [0.29, 0.717) is 10.8 Å². The second-order valence-electron chi connectivity index (χ2n) is 12.1. The van der Waals surface area contributed by atoms with Crippen molar-refractivity contribution < 1.29 is 8.42 Å². The van der Waals surface area contributed by atoms with Gasteiger partial charge in [-0.05, 0) is 98.6 Å². The highest BCUT2D eigenvalue weighted by molar-refractivity contribution is 7.91. The number of likely N-dealkylation sites (tertiary alicyclic amines) is 1. The molecule has 0 amide bonds. The second-order valence-corrected chi connectivity index (χ2v) is 15.4. The topological polar surface area (TPSA) is 53.5 Å². The van der Waals surface area contributed by atoms with Crippen molar-refractivity contribution in [2.24, 2.45) is 5.92 Å². The van der Waals surface area contributed by atoms with Crippen LogP contribution in [0.4, 0.5) is 0 Å². The monoisotopic (exact) mass is 611 g/mol. The summed E-state index contributed by atoms with van der Waals surface area (Å²) in [6, 6.07) is 28.6. The highest BCUT2D eigenvalue weighted by Gasteiger charge is 2.39. The lowest BCUT2D eigenvalue weighted by molar-refractivity contribution is 0.165. The fourth-order valence-corrected chi connectivity index (χ4v) is 9.44. The predicted octanol–water partition coefficient (Wildman–Crippen LogP) is 7.52. The molecule has 4 aromatic rings. The van der Waals surface area contributed by atoms with Crippen LogP contribution in [0.25, 0.3) is 16.6 Å². The molecule has 1 aliphatic heterocycles. The smallest absolute Gasteiger partial charge is 0.252 e. The third-order valence-electron chi connectivity index (χ3n) is 9.25. The number of aromatic nitrogens is 1. The minimum Gasteiger partial charge on any atom is -0.303 e. The number of piperidine rings is 1. The van der Waals surface area contributed by atoms with Gasteiger partial charge in [0.25, 0.3) is 10.0 Å². The van der Waals surface area contributed by atoms with Crippen LogP contribution in [0.5, 0.6) is 0 Å². The van der Waals surface area contributed by atoms with E-state index in [2.05, 4.69) is 76.6 Å². The molecule has 6 rings (SSSR count). The van der Waals surface area contributed by atoms with Gasteiger partial charge in [-0.15, -0.1) is 11.3 Å². The van der Waals surface area contributed by atoms with Crippen molar-refractivity contribution >= 4 is 27.4 Å². The summed E-state index contributed by atoms with van der Waals surface area (Å²) in [6.45, 7) is 3.62. The van der Waals surface area contributed by atoms with Crippen LogP contribution >= 0.6 is 11.3 Å². The van der Waals surface area contributed by atoms with Crippen molar-refractivity contribution in [2.45, 2.75) is 48.1 Å². The maximum absolute atomic E-state index is 13.8. The number of rotatable bonds is 12. The van der Waals surface area contributed by atoms with Gasteiger partial charge < -0.3 is 4.90 Å². The third kappa shape index (κ3) is 6.86. The number of pyridine rings is 1. The molecule has 1 saturated heterocycles. The molecular formula is C36H41N3O2S2. The number of hydrogen-bond donors (Lipinski definition) is 0. The number of benzene rings is 2. The first-order valence-electron chi connectivity index (χ1n) is 15.5. The van der Waals surface area contributed by atoms with E-state index >= 15 is 0 Å². The summed E-state index contributed by atoms with van der Waals surface area (Å²) in [5.74, 6) is 0.805. The molecule has 0 radical (unpaired) electrons. The third-order valence-corrected chi connectivity index (χ3v) is 12.6. The zero-order chi connectivity index (χ0) is 29.7. The minimum absolute atomic E-state index is 0.355. The molecule has 0 spiro atoms. The Morgan fingerprint density at radius 1 is 0.953 bits per heavy atom. The summed E-state index contributed by atoms with van der Waals surface area (Å²) in [7, 11) is -1.93. The first-order valence-corrected chi connectivity index (χ1v) is 17.7. The Hall–Kier alpha value is -3.10. The molecule has 43 heavy (non-hydrogen) atoms. The maximum atomic E-state index is 13.8. The summed E-state index contributed by atoms with van der Waals surface area (Å²) in [5.41, 5.74) is 4.30. The first-order chi connectivity index (χ1) is 20.9. The molecule has 3 heterocycles. The van der Waals surface area contributed by atoms with Gasteiger partial charge in [-0.25, -0.2) is 8.42 Å². The lowest BCUT2D eigenvalue weighted by atomic mass is 9.79. The summed E-state index contributed by atoms with van der Waals surface area (Å²) < 4.78 is 29.6. The van der Waals surface area contributed by atoms with Crippen LogP contribution in [0.15, 0.2) is 101 Å². The number of thiophene rings is 1. The van der Waals surface area contributed by atoms with Crippen molar-refractivity contribution in [3.63, 3.8) is 0 Å². The quantitative estimate of drug-likeness (QED) is 0.166. The van der Waals surface area contributed by atoms with Crippen LogP contribution in [-0.2, 0) is 21.9 Å². The Balaban J connectivity index is 1.10. The zero-order valence-corrected chi connectivity index (χ0v) is 26.6. The van der Waals surface area contributed by atoms with Crippen LogP contribution in [-0.4, -0.2) is 55.8 Å². The van der Waals surface area contributed by atoms with Gasteiger partial charge in [0.05, 0.1) is 10.6 Å². The Kier molecular flexibility index (Phi) is 9.24. The Bertz CT molecular complexity index is 1630. The Morgan fingerprint density at radius 3 is 2.51 bits per heavy atom. The fourth-order valence-electron chi connectivity index (χ4n) is 6.71. The SMILES string of the molecule is CN(CC1(CCN2CCC(CCCc3ccccc3)CC2)C=Cc2ccccc21)S(=O)(=O)c1ccc(-c2ccccn2)s1. The van der Waals surface area contributed by atoms with Gasteiger partial charge in [-0.2, -0.15) is 4.31 Å². The lowest BCUT2D eigenvalue weighted by Crippen LogP contribution is -2.43. The summed E-state index contributed by atoms with van der Waals surface area (Å²) >= 11 is 1.29. The molecule has 2 aromatic carbocycles. The Labute approximate surface area is 261 Å². The van der Waals surface area contributed by atoms with Crippen molar-refractivity contribution in [1.82, 2.24) is 14.2 Å². The minimum atomic E-state index is -3.66. The number of hydrogen-bond acceptors (Lipinski definition) is 5. The number of fused-ring (bicyclic) bond motifs is 1. The molecule has 1 atom stereocenters. The molecule has 5 nitrogen and oxygen atoms in total. The van der Waals surface area contributed by atoms with Crippen molar-refractivity contribution in [3.05, 3.63) is 114 Å². The maximum Gasteiger partial charge on any atom is 0.252 e. The number of likely N-dealkylation sites (N-methyl/N-ethyl adjacent to an activating group) is 1. The molecule has 224 valence electrons. The molecule has 0 bridgehead atoms. The second kappa shape index (κ2) is 13.3. The molecule has 2 aliphatic rings. The first kappa shape index (κ1) is 29.9. The van der Waals surface area contributed by atoms with E-state index in [4.69, 9.17) is 0 Å². The summed E-state index contributed by atoms with van der Waals surface area (Å²) in [6.07, 6.45) is 13.3. The molecule has 1 aliphatic carbocycles. The average Bonchev–Trinajstić information content (AvgIpc) is 3.69. The predicted molar refractivity (Wildman–Crippen MR) is 178 cm³/mol. The van der Waals surface area contributed by atoms with E-state index in [1.807, 2.05) is 24.3 Å². The zero-order valence-electron chi connectivity index (χ0n) is 24.9. The van der Waals surface area contributed by atoms with E-state index in [-0.39, 0.29) is 5.41 Å². The van der Waals surface area contributed by atoms with Gasteiger partial charge >= 0.3 is 0 Å². The molecular weight excluding hydrogens is 571 g/mol. The highest BCUT2D eigenvalue weighted by Crippen LogP contribution is 2.41. The largest absolute Gasteiger partial charge is 0.303 e. The van der Waals surface area contributed by atoms with Gasteiger partial charge in [-0.1, -0.05) is 79.2 Å². The highest BCUT2D eigenvalue weighted by atomic mass is 32.2. The number of nitrogens with zero attached hydrogens (tertiary/aromatic N) is 3. The van der Waals surface area contributed by atoms with Crippen LogP contribution in [0.2, 0.25) is 0 Å². The van der Waals surface area contributed by atoms with E-state index < -0.39 is 10.0 Å². The van der Waals surface area contributed by atoms with Gasteiger partial charge in [0.15, 0.2) is 0 Å². The van der Waals surface area contributed by atoms with Crippen molar-refractivity contribution in [3.8, 4) is 10.6 Å². The van der Waals surface area contributed by atoms with Crippen LogP contribution in [0, 0.1) is 5.92 Å². The standard InChI is InChI=1S/C36H41N3O2S2/c1-38(43(40,41)35-18-17-34(42-35)33-16-7-8-24-37-33)28-36(22-19-31-14-5-6-15-32(31)36)23-27-39-25-20-30(21-26-39)13-9-12-29-10-3-2-4-11-29/h2-8,10-11,14-19,22,24,30H,9,12-13,20-21,23,25-28H2,1H3. The van der Waals surface area contributed by atoms with Gasteiger partial charge in [-0.3, -0.25) is 4.98 Å². The van der Waals surface area contributed by atoms with E-state index in [1.54, 1.807) is 23.6 Å². The normalized spacial score (nSPS) is 19.2. The molecule has 7 heteroatoms. The fraction of sp³-hybridized carbons (Fsp3) is 0.361. The van der Waals surface area contributed by atoms with Crippen molar-refractivity contribution in [1.29, 1.82) is 0 Å². The number of aryl methyl sites for hydroxylation is 1. The molecule has 0 saturated carbocycles. The van der Waals surface area contributed by atoms with Gasteiger partial charge in [0.1, 0.15) is 4.21 Å². The van der Waals surface area contributed by atoms with E-state index in [9.17, 15) is 8.42 Å². The van der Waals surface area contributed by atoms with Gasteiger partial charge in [0, 0.05) is 25.2 Å². The summed E-state index contributed by atoms with van der Waals surface area (Å²) in [4.78, 5) is 7.85. The molecule has 1 fully saturated rings. The van der Waals surface area contributed by atoms with Crippen LogP contribution in [0.1, 0.15) is 48.8 Å².